The molecule has 1 saturated carbocycles. The van der Waals surface area contributed by atoms with Gasteiger partial charge in [-0.2, -0.15) is 0 Å². The fourth-order valence-corrected chi connectivity index (χ4v) is 3.92. The molecule has 2 aliphatic rings. The quantitative estimate of drug-likeness (QED) is 0.849. The third kappa shape index (κ3) is 2.24. The number of fused-ring (bicyclic) bond motifs is 1. The Morgan fingerprint density at radius 3 is 2.57 bits per heavy atom. The first-order valence-electron chi connectivity index (χ1n) is 7.71. The lowest BCUT2D eigenvalue weighted by Crippen LogP contribution is -2.26. The van der Waals surface area contributed by atoms with Crippen LogP contribution in [0.2, 0.25) is 0 Å². The number of rotatable bonds is 4. The molecule has 0 aromatic heterocycles. The highest BCUT2D eigenvalue weighted by Gasteiger charge is 2.60. The minimum Gasteiger partial charge on any atom is -0.497 e. The minimum absolute atomic E-state index is 0.418. The summed E-state index contributed by atoms with van der Waals surface area (Å²) in [5.41, 5.74) is 3.33. The second kappa shape index (κ2) is 4.88. The number of hydrogen-bond acceptors (Lipinski definition) is 2. The van der Waals surface area contributed by atoms with Gasteiger partial charge >= 0.3 is 0 Å². The Hall–Kier alpha value is -1.80. The number of nitrogens with zero attached hydrogens (tertiary/aromatic N) is 1. The Kier molecular flexibility index (Phi) is 3.00. The molecule has 1 aliphatic carbocycles. The molecule has 2 aromatic carbocycles. The van der Waals surface area contributed by atoms with Crippen LogP contribution in [0, 0.1) is 5.92 Å². The maximum Gasteiger partial charge on any atom is 0.118 e. The van der Waals surface area contributed by atoms with Gasteiger partial charge in [-0.3, -0.25) is 4.90 Å². The lowest BCUT2D eigenvalue weighted by Gasteiger charge is -2.21. The molecule has 0 radical (unpaired) electrons. The predicted molar refractivity (Wildman–Crippen MR) is 84.5 cm³/mol. The Labute approximate surface area is 126 Å². The Bertz CT molecular complexity index is 622. The van der Waals surface area contributed by atoms with Crippen LogP contribution in [0.3, 0.4) is 0 Å². The van der Waals surface area contributed by atoms with Gasteiger partial charge in [-0.1, -0.05) is 42.5 Å². The molecular formula is C19H21NO. The summed E-state index contributed by atoms with van der Waals surface area (Å²) >= 11 is 0. The van der Waals surface area contributed by atoms with Gasteiger partial charge in [0.2, 0.25) is 0 Å². The number of methoxy groups -OCH3 is 1. The average molecular weight is 279 g/mol. The molecule has 2 atom stereocenters. The van der Waals surface area contributed by atoms with Crippen LogP contribution < -0.4 is 4.74 Å². The van der Waals surface area contributed by atoms with Crippen LogP contribution in [0.5, 0.6) is 5.75 Å². The van der Waals surface area contributed by atoms with Gasteiger partial charge in [0.15, 0.2) is 0 Å². The molecule has 1 saturated heterocycles. The fraction of sp³-hybridized carbons (Fsp3) is 0.368. The number of hydrogen-bond donors (Lipinski definition) is 0. The summed E-state index contributed by atoms with van der Waals surface area (Å²) in [5, 5.41) is 0. The zero-order valence-corrected chi connectivity index (χ0v) is 12.5. The third-order valence-electron chi connectivity index (χ3n) is 5.13. The van der Waals surface area contributed by atoms with E-state index in [1.54, 1.807) is 7.11 Å². The van der Waals surface area contributed by atoms with E-state index in [1.165, 1.54) is 30.6 Å². The molecule has 0 N–H and O–H groups in total. The monoisotopic (exact) mass is 279 g/mol. The summed E-state index contributed by atoms with van der Waals surface area (Å²) < 4.78 is 5.27. The average Bonchev–Trinajstić information content (AvgIpc) is 3.11. The lowest BCUT2D eigenvalue weighted by molar-refractivity contribution is 0.290. The van der Waals surface area contributed by atoms with E-state index in [1.807, 2.05) is 0 Å². The van der Waals surface area contributed by atoms with Crippen molar-refractivity contribution >= 4 is 0 Å². The molecular weight excluding hydrogens is 258 g/mol. The van der Waals surface area contributed by atoms with Crippen molar-refractivity contribution in [1.82, 2.24) is 4.90 Å². The second-order valence-corrected chi connectivity index (χ2v) is 6.44. The number of likely N-dealkylation sites (tertiary alicyclic amines) is 1. The van der Waals surface area contributed by atoms with Crippen molar-refractivity contribution in [2.45, 2.75) is 18.4 Å². The minimum atomic E-state index is 0.418. The molecule has 1 unspecified atom stereocenters. The summed E-state index contributed by atoms with van der Waals surface area (Å²) in [5.74, 6) is 1.79. The highest BCUT2D eigenvalue weighted by Crippen LogP contribution is 2.59. The standard InChI is InChI=1S/C19H21NO/c1-21-18-9-7-16(8-10-18)19-11-17(19)13-20(14-19)12-15-5-3-2-4-6-15/h2-10,17H,11-14H2,1H3/t17?,19-/m1/s1. The van der Waals surface area contributed by atoms with Crippen molar-refractivity contribution in [3.63, 3.8) is 0 Å². The van der Waals surface area contributed by atoms with Crippen LogP contribution >= 0.6 is 0 Å². The van der Waals surface area contributed by atoms with Crippen LogP contribution in [0.25, 0.3) is 0 Å². The number of benzene rings is 2. The van der Waals surface area contributed by atoms with Gasteiger partial charge in [-0.15, -0.1) is 0 Å². The summed E-state index contributed by atoms with van der Waals surface area (Å²) in [6, 6.07) is 19.5. The molecule has 2 heteroatoms. The van der Waals surface area contributed by atoms with E-state index >= 15 is 0 Å². The Morgan fingerprint density at radius 2 is 1.86 bits per heavy atom. The van der Waals surface area contributed by atoms with Gasteiger partial charge < -0.3 is 4.74 Å². The van der Waals surface area contributed by atoms with E-state index in [4.69, 9.17) is 4.74 Å². The van der Waals surface area contributed by atoms with Gasteiger partial charge in [0.25, 0.3) is 0 Å². The van der Waals surface area contributed by atoms with E-state index in [0.29, 0.717) is 5.41 Å². The van der Waals surface area contributed by atoms with Crippen LogP contribution in [-0.4, -0.2) is 25.1 Å². The first kappa shape index (κ1) is 12.9. The zero-order valence-electron chi connectivity index (χ0n) is 12.5. The van der Waals surface area contributed by atoms with E-state index in [0.717, 1.165) is 18.2 Å². The molecule has 1 heterocycles. The summed E-state index contributed by atoms with van der Waals surface area (Å²) in [4.78, 5) is 2.60. The molecule has 0 amide bonds. The van der Waals surface area contributed by atoms with E-state index < -0.39 is 0 Å². The largest absolute Gasteiger partial charge is 0.497 e. The van der Waals surface area contributed by atoms with Gasteiger partial charge in [0.1, 0.15) is 5.75 Å². The molecule has 2 nitrogen and oxygen atoms in total. The van der Waals surface area contributed by atoms with Gasteiger partial charge in [0.05, 0.1) is 7.11 Å². The van der Waals surface area contributed by atoms with Crippen LogP contribution in [0.15, 0.2) is 54.6 Å². The third-order valence-corrected chi connectivity index (χ3v) is 5.13. The lowest BCUT2D eigenvalue weighted by atomic mass is 9.95. The van der Waals surface area contributed by atoms with Gasteiger partial charge in [0, 0.05) is 25.0 Å². The maximum absolute atomic E-state index is 5.27. The Balaban J connectivity index is 1.48. The van der Waals surface area contributed by atoms with Gasteiger partial charge in [-0.05, 0) is 35.6 Å². The zero-order chi connectivity index (χ0) is 14.3. The molecule has 0 spiro atoms. The first-order valence-corrected chi connectivity index (χ1v) is 7.71. The van der Waals surface area contributed by atoms with Crippen LogP contribution in [0.1, 0.15) is 17.5 Å². The molecule has 2 aromatic rings. The topological polar surface area (TPSA) is 12.5 Å². The number of piperidine rings is 1. The maximum atomic E-state index is 5.27. The Morgan fingerprint density at radius 1 is 1.10 bits per heavy atom. The smallest absolute Gasteiger partial charge is 0.118 e. The summed E-state index contributed by atoms with van der Waals surface area (Å²) in [6.07, 6.45) is 1.35. The van der Waals surface area contributed by atoms with E-state index in [9.17, 15) is 0 Å². The van der Waals surface area contributed by atoms with Crippen molar-refractivity contribution < 1.29 is 4.74 Å². The SMILES string of the molecule is COc1ccc([C@]23CC2CN(Cc2ccccc2)C3)cc1. The van der Waals surface area contributed by atoms with Crippen LogP contribution in [-0.2, 0) is 12.0 Å². The predicted octanol–water partition coefficient (Wildman–Crippen LogP) is 3.47. The molecule has 0 bridgehead atoms. The van der Waals surface area contributed by atoms with Crippen LogP contribution in [0.4, 0.5) is 0 Å². The highest BCUT2D eigenvalue weighted by molar-refractivity contribution is 5.40. The molecule has 4 rings (SSSR count). The van der Waals surface area contributed by atoms with Crippen molar-refractivity contribution in [2.75, 3.05) is 20.2 Å². The van der Waals surface area contributed by atoms with Gasteiger partial charge in [-0.25, -0.2) is 0 Å². The second-order valence-electron chi connectivity index (χ2n) is 6.44. The van der Waals surface area contributed by atoms with E-state index in [-0.39, 0.29) is 0 Å². The van der Waals surface area contributed by atoms with E-state index in [2.05, 4.69) is 59.5 Å². The number of ether oxygens (including phenoxy) is 1. The van der Waals surface area contributed by atoms with Crippen molar-refractivity contribution in [1.29, 1.82) is 0 Å². The van der Waals surface area contributed by atoms with Crippen molar-refractivity contribution in [3.05, 3.63) is 65.7 Å². The molecule has 21 heavy (non-hydrogen) atoms. The summed E-state index contributed by atoms with van der Waals surface area (Å²) in [6.45, 7) is 3.51. The highest BCUT2D eigenvalue weighted by atomic mass is 16.5. The molecule has 1 aliphatic heterocycles. The molecule has 108 valence electrons. The first-order chi connectivity index (χ1) is 10.3. The fourth-order valence-electron chi connectivity index (χ4n) is 3.92. The van der Waals surface area contributed by atoms with Crippen molar-refractivity contribution in [2.24, 2.45) is 5.92 Å². The normalized spacial score (nSPS) is 27.4. The molecule has 2 fully saturated rings. The van der Waals surface area contributed by atoms with Crippen molar-refractivity contribution in [3.8, 4) is 5.75 Å². The summed E-state index contributed by atoms with van der Waals surface area (Å²) in [7, 11) is 1.73.